The first-order chi connectivity index (χ1) is 17.8. The zero-order valence-electron chi connectivity index (χ0n) is 20.2. The van der Waals surface area contributed by atoms with Gasteiger partial charge in [-0.05, 0) is 46.5 Å². The first kappa shape index (κ1) is 21.1. The predicted octanol–water partition coefficient (Wildman–Crippen LogP) is 8.95. The van der Waals surface area contributed by atoms with E-state index in [1.165, 1.54) is 54.5 Å². The average Bonchev–Trinajstić information content (AvgIpc) is 2.93. The largest absolute Gasteiger partial charge is 0.336 e. The fourth-order valence-electron chi connectivity index (χ4n) is 6.16. The number of fused-ring (bicyclic) bond motifs is 4. The Morgan fingerprint density at radius 3 is 1.19 bits per heavy atom. The van der Waals surface area contributed by atoms with Crippen LogP contribution in [-0.4, -0.2) is 11.8 Å². The molecule has 0 amide bonds. The minimum absolute atomic E-state index is 0.242. The van der Waals surface area contributed by atoms with Crippen LogP contribution in [0.25, 0.3) is 43.1 Å². The average molecular weight is 466 g/mol. The molecule has 0 atom stereocenters. The highest BCUT2D eigenvalue weighted by Gasteiger charge is 2.30. The molecule has 0 bridgehead atoms. The van der Waals surface area contributed by atoms with E-state index >= 15 is 0 Å². The van der Waals surface area contributed by atoms with E-state index in [0.717, 1.165) is 12.8 Å². The number of hydrogen-bond donors (Lipinski definition) is 0. The van der Waals surface area contributed by atoms with Crippen molar-refractivity contribution in [2.45, 2.75) is 31.7 Å². The van der Waals surface area contributed by atoms with Crippen LogP contribution in [0.1, 0.15) is 25.7 Å². The summed E-state index contributed by atoms with van der Waals surface area (Å²) in [6, 6.07) is 39.8. The summed E-state index contributed by atoms with van der Waals surface area (Å²) >= 11 is 0. The lowest BCUT2D eigenvalue weighted by Gasteiger charge is -2.39. The smallest absolute Gasteiger partial charge is 0.133 e. The number of rotatable bonds is 3. The summed E-state index contributed by atoms with van der Waals surface area (Å²) in [6.45, 7) is 0. The Morgan fingerprint density at radius 1 is 0.500 bits per heavy atom. The Kier molecular flexibility index (Phi) is 4.99. The zero-order chi connectivity index (χ0) is 24.1. The van der Waals surface area contributed by atoms with E-state index in [-0.39, 0.29) is 6.04 Å². The quantitative estimate of drug-likeness (QED) is 0.243. The maximum absolute atomic E-state index is 12.3. The van der Waals surface area contributed by atoms with Crippen molar-refractivity contribution < 1.29 is 4.79 Å². The molecule has 1 aliphatic carbocycles. The van der Waals surface area contributed by atoms with E-state index in [2.05, 4.69) is 114 Å². The molecule has 1 aliphatic rings. The van der Waals surface area contributed by atoms with Crippen LogP contribution in [0.2, 0.25) is 0 Å². The number of nitrogens with zero attached hydrogens (tertiary/aromatic N) is 1. The molecule has 36 heavy (non-hydrogen) atoms. The van der Waals surface area contributed by atoms with Crippen molar-refractivity contribution in [3.05, 3.63) is 109 Å². The van der Waals surface area contributed by atoms with Gasteiger partial charge in [0.2, 0.25) is 0 Å². The van der Waals surface area contributed by atoms with Gasteiger partial charge in [0.1, 0.15) is 5.78 Å². The molecule has 2 nitrogen and oxygen atoms in total. The van der Waals surface area contributed by atoms with Gasteiger partial charge in [0, 0.05) is 40.4 Å². The van der Waals surface area contributed by atoms with Gasteiger partial charge < -0.3 is 4.90 Å². The van der Waals surface area contributed by atoms with Crippen molar-refractivity contribution in [2.24, 2.45) is 0 Å². The topological polar surface area (TPSA) is 20.3 Å². The summed E-state index contributed by atoms with van der Waals surface area (Å²) in [5, 5.41) is 9.99. The van der Waals surface area contributed by atoms with Crippen LogP contribution in [0.15, 0.2) is 109 Å². The fourth-order valence-corrected chi connectivity index (χ4v) is 6.16. The van der Waals surface area contributed by atoms with Gasteiger partial charge in [-0.1, -0.05) is 97.1 Å². The number of Topliss-reactive ketones (excluding diaryl/α,β-unsaturated/α-hetero) is 1. The SMILES string of the molecule is O=C1CCC(N(c2c3ccccc3cc3ccccc23)c2c3ccccc3cc3ccccc23)CC1. The molecule has 0 aromatic heterocycles. The van der Waals surface area contributed by atoms with Crippen molar-refractivity contribution >= 4 is 60.2 Å². The first-order valence-electron chi connectivity index (χ1n) is 12.9. The van der Waals surface area contributed by atoms with Crippen molar-refractivity contribution in [1.82, 2.24) is 0 Å². The predicted molar refractivity (Wildman–Crippen MR) is 152 cm³/mol. The molecule has 1 saturated carbocycles. The third kappa shape index (κ3) is 3.37. The highest BCUT2D eigenvalue weighted by molar-refractivity contribution is 6.18. The third-order valence-corrected chi connectivity index (χ3v) is 7.85. The number of carbonyl (C=O) groups excluding carboxylic acids is 1. The standard InChI is InChI=1S/C34H27NO/c36-28-19-17-27(18-20-28)35(33-29-13-5-1-9-23(29)21-24-10-2-6-14-30(24)33)34-31-15-7-3-11-25(31)22-26-12-4-8-16-32(26)34/h1-16,21-22,27H,17-20H2. The zero-order valence-corrected chi connectivity index (χ0v) is 20.2. The van der Waals surface area contributed by atoms with E-state index in [1.54, 1.807) is 0 Å². The third-order valence-electron chi connectivity index (χ3n) is 7.85. The van der Waals surface area contributed by atoms with Gasteiger partial charge in [0.25, 0.3) is 0 Å². The van der Waals surface area contributed by atoms with Crippen molar-refractivity contribution in [2.75, 3.05) is 4.90 Å². The summed E-state index contributed by atoms with van der Waals surface area (Å²) in [5.41, 5.74) is 2.51. The Labute approximate surface area is 210 Å². The highest BCUT2D eigenvalue weighted by atomic mass is 16.1. The van der Waals surface area contributed by atoms with Gasteiger partial charge in [-0.25, -0.2) is 0 Å². The van der Waals surface area contributed by atoms with E-state index < -0.39 is 0 Å². The lowest BCUT2D eigenvalue weighted by Crippen LogP contribution is -2.35. The molecule has 0 N–H and O–H groups in total. The maximum atomic E-state index is 12.3. The minimum Gasteiger partial charge on any atom is -0.336 e. The summed E-state index contributed by atoms with van der Waals surface area (Å²) in [7, 11) is 0. The van der Waals surface area contributed by atoms with Crippen molar-refractivity contribution in [3.8, 4) is 0 Å². The van der Waals surface area contributed by atoms with Crippen LogP contribution in [0.5, 0.6) is 0 Å². The van der Waals surface area contributed by atoms with Crippen LogP contribution in [0.4, 0.5) is 11.4 Å². The van der Waals surface area contributed by atoms with Gasteiger partial charge >= 0.3 is 0 Å². The van der Waals surface area contributed by atoms with E-state index in [9.17, 15) is 4.79 Å². The molecular formula is C34H27NO. The second kappa shape index (κ2) is 8.49. The first-order valence-corrected chi connectivity index (χ1v) is 12.9. The molecule has 6 aromatic rings. The molecule has 1 fully saturated rings. The molecule has 0 spiro atoms. The van der Waals surface area contributed by atoms with Crippen LogP contribution in [0, 0.1) is 0 Å². The summed E-state index contributed by atoms with van der Waals surface area (Å²) in [4.78, 5) is 14.9. The number of carbonyl (C=O) groups is 1. The van der Waals surface area contributed by atoms with Gasteiger partial charge in [-0.3, -0.25) is 4.79 Å². The molecule has 2 heteroatoms. The maximum Gasteiger partial charge on any atom is 0.133 e. The monoisotopic (exact) mass is 465 g/mol. The van der Waals surface area contributed by atoms with Crippen LogP contribution in [-0.2, 0) is 4.79 Å². The van der Waals surface area contributed by atoms with E-state index in [4.69, 9.17) is 0 Å². The van der Waals surface area contributed by atoms with Gasteiger partial charge in [0.05, 0.1) is 11.4 Å². The number of anilines is 2. The molecule has 0 saturated heterocycles. The Morgan fingerprint density at radius 2 is 0.833 bits per heavy atom. The molecule has 174 valence electrons. The highest BCUT2D eigenvalue weighted by Crippen LogP contribution is 2.47. The molecule has 0 heterocycles. The normalized spacial score (nSPS) is 14.7. The summed E-state index contributed by atoms with van der Waals surface area (Å²) < 4.78 is 0. The van der Waals surface area contributed by atoms with E-state index in [0.29, 0.717) is 18.6 Å². The molecule has 7 rings (SSSR count). The molecule has 6 aromatic carbocycles. The Hall–Kier alpha value is -4.17. The molecule has 0 aliphatic heterocycles. The lowest BCUT2D eigenvalue weighted by atomic mass is 9.89. The second-order valence-corrected chi connectivity index (χ2v) is 9.97. The van der Waals surface area contributed by atoms with Gasteiger partial charge in [-0.2, -0.15) is 0 Å². The van der Waals surface area contributed by atoms with Gasteiger partial charge in [0.15, 0.2) is 0 Å². The van der Waals surface area contributed by atoms with Gasteiger partial charge in [-0.15, -0.1) is 0 Å². The minimum atomic E-state index is 0.242. The Bertz CT molecular complexity index is 1550. The second-order valence-electron chi connectivity index (χ2n) is 9.97. The van der Waals surface area contributed by atoms with Crippen LogP contribution in [0.3, 0.4) is 0 Å². The summed E-state index contributed by atoms with van der Waals surface area (Å²) in [6.07, 6.45) is 3.03. The van der Waals surface area contributed by atoms with Crippen molar-refractivity contribution in [3.63, 3.8) is 0 Å². The van der Waals surface area contributed by atoms with Crippen LogP contribution >= 0.6 is 0 Å². The van der Waals surface area contributed by atoms with Crippen molar-refractivity contribution in [1.29, 1.82) is 0 Å². The number of ketones is 1. The fraction of sp³-hybridized carbons (Fsp3) is 0.147. The van der Waals surface area contributed by atoms with E-state index in [1.807, 2.05) is 0 Å². The molecule has 0 unspecified atom stereocenters. The van der Waals surface area contributed by atoms with Crippen LogP contribution < -0.4 is 4.90 Å². The number of hydrogen-bond acceptors (Lipinski definition) is 2. The Balaban J connectivity index is 1.65. The molecule has 0 radical (unpaired) electrons. The molecular weight excluding hydrogens is 438 g/mol. The summed E-state index contributed by atoms with van der Waals surface area (Å²) in [5.74, 6) is 0.386. The lowest BCUT2D eigenvalue weighted by molar-refractivity contribution is -0.120. The number of benzene rings is 6.